The minimum absolute atomic E-state index is 0. The molecule has 0 aromatic heterocycles. The molecular formula is C17H35IN4O. The van der Waals surface area contributed by atoms with Crippen LogP contribution in [0.5, 0.6) is 0 Å². The lowest BCUT2D eigenvalue weighted by atomic mass is 9.99. The van der Waals surface area contributed by atoms with E-state index in [-0.39, 0.29) is 24.0 Å². The molecule has 2 saturated heterocycles. The summed E-state index contributed by atoms with van der Waals surface area (Å²) in [5.41, 5.74) is 0. The number of hydrogen-bond acceptors (Lipinski definition) is 3. The maximum Gasteiger partial charge on any atom is 0.193 e. The molecule has 0 radical (unpaired) electrons. The third-order valence-electron chi connectivity index (χ3n) is 4.94. The van der Waals surface area contributed by atoms with Crippen LogP contribution in [0.15, 0.2) is 4.99 Å². The van der Waals surface area contributed by atoms with Crippen molar-refractivity contribution in [3.05, 3.63) is 0 Å². The minimum atomic E-state index is 0. The Balaban J connectivity index is 0.00000264. The lowest BCUT2D eigenvalue weighted by Crippen LogP contribution is -2.42. The summed E-state index contributed by atoms with van der Waals surface area (Å²) in [6.07, 6.45) is 5.09. The van der Waals surface area contributed by atoms with E-state index in [1.807, 2.05) is 7.05 Å². The van der Waals surface area contributed by atoms with Crippen LogP contribution in [0.25, 0.3) is 0 Å². The van der Waals surface area contributed by atoms with E-state index in [4.69, 9.17) is 4.74 Å². The monoisotopic (exact) mass is 438 g/mol. The Morgan fingerprint density at radius 2 is 2.04 bits per heavy atom. The van der Waals surface area contributed by atoms with Crippen LogP contribution in [-0.2, 0) is 4.74 Å². The Kier molecular flexibility index (Phi) is 10.5. The summed E-state index contributed by atoms with van der Waals surface area (Å²) in [7, 11) is 4.00. The predicted octanol–water partition coefficient (Wildman–Crippen LogP) is 2.27. The van der Waals surface area contributed by atoms with Gasteiger partial charge in [-0.15, -0.1) is 24.0 Å². The van der Waals surface area contributed by atoms with Crippen molar-refractivity contribution in [3.63, 3.8) is 0 Å². The van der Waals surface area contributed by atoms with E-state index in [1.165, 1.54) is 45.3 Å². The first kappa shape index (κ1) is 21.0. The smallest absolute Gasteiger partial charge is 0.193 e. The molecule has 23 heavy (non-hydrogen) atoms. The lowest BCUT2D eigenvalue weighted by Gasteiger charge is -2.30. The molecule has 0 amide bonds. The highest BCUT2D eigenvalue weighted by Gasteiger charge is 2.19. The Labute approximate surface area is 159 Å². The van der Waals surface area contributed by atoms with Gasteiger partial charge in [-0.3, -0.25) is 4.99 Å². The molecule has 0 spiro atoms. The van der Waals surface area contributed by atoms with Crippen molar-refractivity contribution < 1.29 is 4.74 Å². The van der Waals surface area contributed by atoms with Gasteiger partial charge in [-0.05, 0) is 51.2 Å². The average Bonchev–Trinajstić information content (AvgIpc) is 3.02. The van der Waals surface area contributed by atoms with Crippen molar-refractivity contribution in [1.29, 1.82) is 0 Å². The van der Waals surface area contributed by atoms with Gasteiger partial charge < -0.3 is 19.9 Å². The van der Waals surface area contributed by atoms with E-state index in [1.54, 1.807) is 0 Å². The highest BCUT2D eigenvalue weighted by atomic mass is 127. The van der Waals surface area contributed by atoms with Crippen LogP contribution < -0.4 is 5.32 Å². The van der Waals surface area contributed by atoms with Gasteiger partial charge in [-0.25, -0.2) is 0 Å². The summed E-state index contributed by atoms with van der Waals surface area (Å²) in [6.45, 7) is 9.97. The molecule has 0 aromatic carbocycles. The highest BCUT2D eigenvalue weighted by Crippen LogP contribution is 2.16. The van der Waals surface area contributed by atoms with Crippen LogP contribution in [0.2, 0.25) is 0 Å². The number of nitrogens with one attached hydrogen (secondary N) is 1. The molecule has 2 heterocycles. The molecule has 1 atom stereocenters. The Bertz CT molecular complexity index is 339. The summed E-state index contributed by atoms with van der Waals surface area (Å²) in [5, 5.41) is 3.50. The number of rotatable bonds is 6. The first-order valence-electron chi connectivity index (χ1n) is 8.91. The first-order chi connectivity index (χ1) is 10.7. The van der Waals surface area contributed by atoms with Crippen molar-refractivity contribution in [2.45, 2.75) is 32.6 Å². The summed E-state index contributed by atoms with van der Waals surface area (Å²) in [5.74, 6) is 2.58. The number of guanidine groups is 1. The molecule has 0 aliphatic carbocycles. The Morgan fingerprint density at radius 3 is 2.65 bits per heavy atom. The van der Waals surface area contributed by atoms with Crippen LogP contribution in [0.3, 0.4) is 0 Å². The van der Waals surface area contributed by atoms with Gasteiger partial charge in [0.15, 0.2) is 5.96 Å². The Hall–Kier alpha value is -0.0800. The molecule has 6 heteroatoms. The quantitative estimate of drug-likeness (QED) is 0.299. The van der Waals surface area contributed by atoms with Gasteiger partial charge in [0.1, 0.15) is 0 Å². The van der Waals surface area contributed by atoms with Crippen molar-refractivity contribution in [1.82, 2.24) is 15.1 Å². The van der Waals surface area contributed by atoms with Gasteiger partial charge in [-0.2, -0.15) is 0 Å². The van der Waals surface area contributed by atoms with Gasteiger partial charge in [-0.1, -0.05) is 6.92 Å². The standard InChI is InChI=1S/C17H34N4O.HI/c1-15-5-10-21(11-6-15)9-4-8-19-17(18-2)20(3)13-16-7-12-22-14-16;/h15-16H,4-14H2,1-3H3,(H,18,19);1H. The van der Waals surface area contributed by atoms with E-state index in [0.717, 1.165) is 38.2 Å². The molecule has 0 bridgehead atoms. The summed E-state index contributed by atoms with van der Waals surface area (Å²) < 4.78 is 5.45. The fourth-order valence-electron chi connectivity index (χ4n) is 3.37. The van der Waals surface area contributed by atoms with E-state index < -0.39 is 0 Å². The normalized spacial score (nSPS) is 23.6. The fraction of sp³-hybridized carbons (Fsp3) is 0.941. The van der Waals surface area contributed by atoms with Gasteiger partial charge in [0.05, 0.1) is 6.61 Å². The van der Waals surface area contributed by atoms with Crippen molar-refractivity contribution in [2.75, 3.05) is 60.0 Å². The number of halogens is 1. The molecule has 5 nitrogen and oxygen atoms in total. The molecular weight excluding hydrogens is 403 g/mol. The maximum atomic E-state index is 5.45. The second-order valence-electron chi connectivity index (χ2n) is 6.96. The average molecular weight is 438 g/mol. The third kappa shape index (κ3) is 7.56. The summed E-state index contributed by atoms with van der Waals surface area (Å²) >= 11 is 0. The van der Waals surface area contributed by atoms with Gasteiger partial charge >= 0.3 is 0 Å². The molecule has 1 N–H and O–H groups in total. The molecule has 0 saturated carbocycles. The number of likely N-dealkylation sites (tertiary alicyclic amines) is 1. The number of ether oxygens (including phenoxy) is 1. The van der Waals surface area contributed by atoms with Crippen molar-refractivity contribution in [2.24, 2.45) is 16.8 Å². The number of aliphatic imine (C=N–C) groups is 1. The van der Waals surface area contributed by atoms with Crippen molar-refractivity contribution in [3.8, 4) is 0 Å². The van der Waals surface area contributed by atoms with Crippen LogP contribution in [0.1, 0.15) is 32.6 Å². The van der Waals surface area contributed by atoms with Gasteiger partial charge in [0.2, 0.25) is 0 Å². The SMILES string of the molecule is CN=C(NCCCN1CCC(C)CC1)N(C)CC1CCOC1.I. The third-order valence-corrected chi connectivity index (χ3v) is 4.94. The zero-order valence-electron chi connectivity index (χ0n) is 15.1. The van der Waals surface area contributed by atoms with E-state index in [2.05, 4.69) is 34.1 Å². The second kappa shape index (κ2) is 11.5. The molecule has 136 valence electrons. The lowest BCUT2D eigenvalue weighted by molar-refractivity contribution is 0.181. The van der Waals surface area contributed by atoms with E-state index in [0.29, 0.717) is 5.92 Å². The zero-order chi connectivity index (χ0) is 15.8. The minimum Gasteiger partial charge on any atom is -0.381 e. The summed E-state index contributed by atoms with van der Waals surface area (Å²) in [6, 6.07) is 0. The summed E-state index contributed by atoms with van der Waals surface area (Å²) in [4.78, 5) is 9.24. The van der Waals surface area contributed by atoms with Crippen LogP contribution in [0, 0.1) is 11.8 Å². The molecule has 1 unspecified atom stereocenters. The largest absolute Gasteiger partial charge is 0.381 e. The van der Waals surface area contributed by atoms with Gasteiger partial charge in [0.25, 0.3) is 0 Å². The number of hydrogen-bond donors (Lipinski definition) is 1. The predicted molar refractivity (Wildman–Crippen MR) is 108 cm³/mol. The number of nitrogens with zero attached hydrogens (tertiary/aromatic N) is 3. The van der Waals surface area contributed by atoms with Gasteiger partial charge in [0, 0.05) is 39.7 Å². The van der Waals surface area contributed by atoms with Crippen molar-refractivity contribution >= 4 is 29.9 Å². The zero-order valence-corrected chi connectivity index (χ0v) is 17.4. The fourth-order valence-corrected chi connectivity index (χ4v) is 3.37. The van der Waals surface area contributed by atoms with Crippen LogP contribution in [0.4, 0.5) is 0 Å². The maximum absolute atomic E-state index is 5.45. The molecule has 0 aromatic rings. The highest BCUT2D eigenvalue weighted by molar-refractivity contribution is 14.0. The van der Waals surface area contributed by atoms with Crippen LogP contribution >= 0.6 is 24.0 Å². The van der Waals surface area contributed by atoms with E-state index in [9.17, 15) is 0 Å². The first-order valence-corrected chi connectivity index (χ1v) is 8.91. The topological polar surface area (TPSA) is 40.1 Å². The molecule has 2 aliphatic heterocycles. The molecule has 2 aliphatic rings. The number of piperidine rings is 1. The molecule has 2 fully saturated rings. The van der Waals surface area contributed by atoms with Crippen LogP contribution in [-0.4, -0.2) is 75.8 Å². The van der Waals surface area contributed by atoms with E-state index >= 15 is 0 Å². The Morgan fingerprint density at radius 1 is 1.30 bits per heavy atom. The molecule has 2 rings (SSSR count). The second-order valence-corrected chi connectivity index (χ2v) is 6.96.